The van der Waals surface area contributed by atoms with Gasteiger partial charge in [-0.1, -0.05) is 35.9 Å². The lowest BCUT2D eigenvalue weighted by Crippen LogP contribution is -2.41. The predicted octanol–water partition coefficient (Wildman–Crippen LogP) is 4.92. The number of nitrogens with zero attached hydrogens (tertiary/aromatic N) is 2. The maximum Gasteiger partial charge on any atom is 0.243 e. The molecule has 0 unspecified atom stereocenters. The number of halogens is 1. The highest BCUT2D eigenvalue weighted by Crippen LogP contribution is 2.27. The average molecular weight is 495 g/mol. The van der Waals surface area contributed by atoms with E-state index in [1.54, 1.807) is 12.1 Å². The van der Waals surface area contributed by atoms with Crippen LogP contribution in [0.15, 0.2) is 77.7 Å². The van der Waals surface area contributed by atoms with Gasteiger partial charge in [-0.15, -0.1) is 0 Å². The van der Waals surface area contributed by atoms with Crippen LogP contribution >= 0.6 is 11.6 Å². The number of rotatable bonds is 5. The van der Waals surface area contributed by atoms with Crippen LogP contribution < -0.4 is 5.32 Å². The molecule has 4 aromatic rings. The number of fused-ring (bicyclic) bond motifs is 1. The van der Waals surface area contributed by atoms with Crippen LogP contribution in [0.5, 0.6) is 0 Å². The van der Waals surface area contributed by atoms with Gasteiger partial charge in [-0.2, -0.15) is 4.31 Å². The number of H-pyrrole nitrogens is 1. The average Bonchev–Trinajstić information content (AvgIpc) is 3.29. The Labute approximate surface area is 202 Å². The molecular formula is C25H23ClN4O3S. The number of nitrogens with one attached hydrogen (secondary N) is 2. The lowest BCUT2D eigenvalue weighted by atomic mass is 9.97. The second-order valence-electron chi connectivity index (χ2n) is 8.30. The maximum absolute atomic E-state index is 12.9. The van der Waals surface area contributed by atoms with Gasteiger partial charge < -0.3 is 10.3 Å². The van der Waals surface area contributed by atoms with Crippen molar-refractivity contribution in [1.82, 2.24) is 14.3 Å². The number of carbonyl (C=O) groups is 1. The fraction of sp³-hybridized carbons (Fsp3) is 0.200. The van der Waals surface area contributed by atoms with Crippen molar-refractivity contribution in [1.29, 1.82) is 0 Å². The first-order chi connectivity index (χ1) is 16.4. The number of carbonyl (C=O) groups excluding carboxylic acids is 1. The van der Waals surface area contributed by atoms with Gasteiger partial charge in [0.1, 0.15) is 5.82 Å². The molecule has 0 radical (unpaired) electrons. The zero-order chi connectivity index (χ0) is 23.7. The summed E-state index contributed by atoms with van der Waals surface area (Å²) in [7, 11) is -3.60. The number of imidazole rings is 1. The Kier molecular flexibility index (Phi) is 6.12. The molecule has 1 aliphatic rings. The van der Waals surface area contributed by atoms with Crippen LogP contribution in [0.3, 0.4) is 0 Å². The SMILES string of the molecule is O=C(Nc1cccc(-c2nc3ccccc3[nH]2)c1)C1CCN(S(=O)(=O)c2ccc(Cl)cc2)CC1. The van der Waals surface area contributed by atoms with Crippen molar-refractivity contribution in [3.8, 4) is 11.4 Å². The van der Waals surface area contributed by atoms with E-state index in [9.17, 15) is 13.2 Å². The molecule has 0 bridgehead atoms. The second-order valence-corrected chi connectivity index (χ2v) is 10.7. The van der Waals surface area contributed by atoms with Crippen molar-refractivity contribution in [2.75, 3.05) is 18.4 Å². The largest absolute Gasteiger partial charge is 0.338 e. The van der Waals surface area contributed by atoms with Crippen molar-refractivity contribution in [3.05, 3.63) is 77.8 Å². The number of anilines is 1. The first-order valence-corrected chi connectivity index (χ1v) is 12.8. The summed E-state index contributed by atoms with van der Waals surface area (Å²) in [6, 6.07) is 21.5. The van der Waals surface area contributed by atoms with E-state index in [-0.39, 0.29) is 16.7 Å². The van der Waals surface area contributed by atoms with Gasteiger partial charge >= 0.3 is 0 Å². The number of piperidine rings is 1. The van der Waals surface area contributed by atoms with E-state index in [1.807, 2.05) is 48.5 Å². The van der Waals surface area contributed by atoms with E-state index < -0.39 is 10.0 Å². The van der Waals surface area contributed by atoms with E-state index in [4.69, 9.17) is 11.6 Å². The second kappa shape index (κ2) is 9.21. The van der Waals surface area contributed by atoms with Crippen LogP contribution in [-0.2, 0) is 14.8 Å². The van der Waals surface area contributed by atoms with Gasteiger partial charge in [-0.25, -0.2) is 13.4 Å². The molecule has 1 fully saturated rings. The van der Waals surface area contributed by atoms with E-state index in [1.165, 1.54) is 16.4 Å². The summed E-state index contributed by atoms with van der Waals surface area (Å²) in [4.78, 5) is 21.0. The Morgan fingerprint density at radius 3 is 2.47 bits per heavy atom. The van der Waals surface area contributed by atoms with Crippen LogP contribution in [0.2, 0.25) is 5.02 Å². The number of aromatic nitrogens is 2. The summed E-state index contributed by atoms with van der Waals surface area (Å²) < 4.78 is 27.2. The van der Waals surface area contributed by atoms with Crippen LogP contribution in [0.1, 0.15) is 12.8 Å². The van der Waals surface area contributed by atoms with E-state index in [2.05, 4.69) is 15.3 Å². The maximum atomic E-state index is 12.9. The molecule has 34 heavy (non-hydrogen) atoms. The van der Waals surface area contributed by atoms with Gasteiger partial charge in [0.15, 0.2) is 0 Å². The lowest BCUT2D eigenvalue weighted by Gasteiger charge is -2.30. The summed E-state index contributed by atoms with van der Waals surface area (Å²) in [6.07, 6.45) is 0.920. The summed E-state index contributed by atoms with van der Waals surface area (Å²) in [6.45, 7) is 0.587. The molecule has 1 saturated heterocycles. The normalized spacial score (nSPS) is 15.4. The summed E-state index contributed by atoms with van der Waals surface area (Å²) in [5, 5.41) is 3.47. The van der Waals surface area contributed by atoms with Crippen LogP contribution in [0, 0.1) is 5.92 Å². The molecule has 2 N–H and O–H groups in total. The zero-order valence-electron chi connectivity index (χ0n) is 18.2. The Balaban J connectivity index is 1.23. The van der Waals surface area contributed by atoms with Gasteiger partial charge in [-0.05, 0) is 61.4 Å². The van der Waals surface area contributed by atoms with Crippen molar-refractivity contribution >= 4 is 44.3 Å². The zero-order valence-corrected chi connectivity index (χ0v) is 19.8. The summed E-state index contributed by atoms with van der Waals surface area (Å²) >= 11 is 5.87. The van der Waals surface area contributed by atoms with Crippen molar-refractivity contribution in [3.63, 3.8) is 0 Å². The highest BCUT2D eigenvalue weighted by Gasteiger charge is 2.32. The molecule has 0 spiro atoms. The third-order valence-electron chi connectivity index (χ3n) is 6.07. The highest BCUT2D eigenvalue weighted by molar-refractivity contribution is 7.89. The standard InChI is InChI=1S/C25H23ClN4O3S/c26-19-8-10-21(11-9-19)34(32,33)30-14-12-17(13-15-30)25(31)27-20-5-3-4-18(16-20)24-28-22-6-1-2-7-23(22)29-24/h1-11,16-17H,12-15H2,(H,27,31)(H,28,29). The number of sulfonamides is 1. The fourth-order valence-corrected chi connectivity index (χ4v) is 5.79. The van der Waals surface area contributed by atoms with Crippen LogP contribution in [0.4, 0.5) is 5.69 Å². The van der Waals surface area contributed by atoms with E-state index in [0.29, 0.717) is 36.6 Å². The Bertz CT molecular complexity index is 1410. The molecule has 1 aliphatic heterocycles. The molecule has 0 atom stereocenters. The molecule has 7 nitrogen and oxygen atoms in total. The highest BCUT2D eigenvalue weighted by atomic mass is 35.5. The lowest BCUT2D eigenvalue weighted by molar-refractivity contribution is -0.120. The number of aromatic amines is 1. The fourth-order valence-electron chi connectivity index (χ4n) is 4.19. The minimum absolute atomic E-state index is 0.106. The van der Waals surface area contributed by atoms with Gasteiger partial charge in [0, 0.05) is 35.3 Å². The predicted molar refractivity (Wildman–Crippen MR) is 133 cm³/mol. The van der Waals surface area contributed by atoms with E-state index >= 15 is 0 Å². The van der Waals surface area contributed by atoms with Crippen molar-refractivity contribution in [2.24, 2.45) is 5.92 Å². The van der Waals surface area contributed by atoms with Crippen molar-refractivity contribution in [2.45, 2.75) is 17.7 Å². The molecular weight excluding hydrogens is 472 g/mol. The number of benzene rings is 3. The van der Waals surface area contributed by atoms with Crippen molar-refractivity contribution < 1.29 is 13.2 Å². The molecule has 9 heteroatoms. The topological polar surface area (TPSA) is 95.2 Å². The van der Waals surface area contributed by atoms with Crippen LogP contribution in [-0.4, -0.2) is 41.7 Å². The molecule has 5 rings (SSSR count). The quantitative estimate of drug-likeness (QED) is 0.411. The first-order valence-electron chi connectivity index (χ1n) is 11.0. The molecule has 0 saturated carbocycles. The van der Waals surface area contributed by atoms with Crippen LogP contribution in [0.25, 0.3) is 22.4 Å². The number of hydrogen-bond donors (Lipinski definition) is 2. The Morgan fingerprint density at radius 2 is 1.74 bits per heavy atom. The first kappa shape index (κ1) is 22.6. The molecule has 1 aromatic heterocycles. The third-order valence-corrected chi connectivity index (χ3v) is 8.23. The monoisotopic (exact) mass is 494 g/mol. The Morgan fingerprint density at radius 1 is 1.00 bits per heavy atom. The Hall–Kier alpha value is -3.20. The summed E-state index contributed by atoms with van der Waals surface area (Å²) in [5.74, 6) is 0.370. The smallest absolute Gasteiger partial charge is 0.243 e. The molecule has 1 amide bonds. The third kappa shape index (κ3) is 4.57. The van der Waals surface area contributed by atoms with Gasteiger partial charge in [0.05, 0.1) is 15.9 Å². The molecule has 174 valence electrons. The number of amides is 1. The summed E-state index contributed by atoms with van der Waals surface area (Å²) in [5.41, 5.74) is 3.39. The van der Waals surface area contributed by atoms with Gasteiger partial charge in [-0.3, -0.25) is 4.79 Å². The van der Waals surface area contributed by atoms with Gasteiger partial charge in [0.25, 0.3) is 0 Å². The molecule has 2 heterocycles. The molecule has 0 aliphatic carbocycles. The number of para-hydroxylation sites is 2. The number of hydrogen-bond acceptors (Lipinski definition) is 4. The molecule has 3 aromatic carbocycles. The minimum atomic E-state index is -3.60. The van der Waals surface area contributed by atoms with Gasteiger partial charge in [0.2, 0.25) is 15.9 Å². The van der Waals surface area contributed by atoms with E-state index in [0.717, 1.165) is 22.4 Å². The minimum Gasteiger partial charge on any atom is -0.338 e.